The molecule has 8 nitrogen and oxygen atoms in total. The van der Waals surface area contributed by atoms with E-state index in [-0.39, 0.29) is 41.1 Å². The highest BCUT2D eigenvalue weighted by atomic mass is 35.5. The fourth-order valence-electron chi connectivity index (χ4n) is 6.89. The number of hydrogen-bond acceptors (Lipinski definition) is 6. The van der Waals surface area contributed by atoms with Crippen molar-refractivity contribution in [3.05, 3.63) is 47.4 Å². The number of imide groups is 1. The third kappa shape index (κ3) is 3.16. The van der Waals surface area contributed by atoms with Crippen molar-refractivity contribution in [1.82, 2.24) is 24.8 Å². The molecule has 7 rings (SSSR count). The summed E-state index contributed by atoms with van der Waals surface area (Å²) in [4.78, 5) is 34.2. The Morgan fingerprint density at radius 3 is 2.69 bits per heavy atom. The van der Waals surface area contributed by atoms with Crippen LogP contribution in [0.15, 0.2) is 36.8 Å². The van der Waals surface area contributed by atoms with Gasteiger partial charge in [-0.25, -0.2) is 9.50 Å². The van der Waals surface area contributed by atoms with Gasteiger partial charge >= 0.3 is 0 Å². The van der Waals surface area contributed by atoms with Gasteiger partial charge in [-0.3, -0.25) is 14.5 Å². The van der Waals surface area contributed by atoms with Gasteiger partial charge in [-0.05, 0) is 61.1 Å². The van der Waals surface area contributed by atoms with E-state index in [1.54, 1.807) is 10.8 Å². The fourth-order valence-corrected chi connectivity index (χ4v) is 7.06. The van der Waals surface area contributed by atoms with Crippen molar-refractivity contribution in [1.29, 1.82) is 0 Å². The number of hydrogen-bond donors (Lipinski definition) is 1. The van der Waals surface area contributed by atoms with Crippen molar-refractivity contribution >= 4 is 34.6 Å². The standard InChI is InChI=1S/C27H29ClN6O2/c1-26(2)21-22(26)25(36)33(24(21)35)12-16-10-20-23(29-15-31-34(20)13-16)18-11-17(28)4-5-19(18)32-9-7-27(14-32)6-3-8-30-27/h4-5,10-11,13,15,21-22,30H,3,6-9,12,14H2,1-2H3. The maximum absolute atomic E-state index is 12.9. The first-order valence-electron chi connectivity index (χ1n) is 12.7. The fraction of sp³-hybridized carbons (Fsp3) is 0.481. The van der Waals surface area contributed by atoms with Gasteiger partial charge in [0, 0.05) is 41.1 Å². The molecule has 0 radical (unpaired) electrons. The van der Waals surface area contributed by atoms with Crippen LogP contribution in [0.4, 0.5) is 5.69 Å². The van der Waals surface area contributed by atoms with Crippen molar-refractivity contribution in [2.45, 2.75) is 45.2 Å². The van der Waals surface area contributed by atoms with Crippen molar-refractivity contribution in [2.75, 3.05) is 24.5 Å². The first kappa shape index (κ1) is 22.2. The van der Waals surface area contributed by atoms with E-state index in [4.69, 9.17) is 11.6 Å². The van der Waals surface area contributed by atoms with E-state index >= 15 is 0 Å². The Morgan fingerprint density at radius 1 is 1.14 bits per heavy atom. The van der Waals surface area contributed by atoms with Crippen LogP contribution in [-0.2, 0) is 16.1 Å². The molecule has 1 spiro atoms. The molecule has 2 aromatic heterocycles. The zero-order chi connectivity index (χ0) is 24.8. The van der Waals surface area contributed by atoms with Gasteiger partial charge in [-0.15, -0.1) is 0 Å². The van der Waals surface area contributed by atoms with Crippen LogP contribution in [0, 0.1) is 17.3 Å². The Morgan fingerprint density at radius 2 is 1.94 bits per heavy atom. The van der Waals surface area contributed by atoms with Crippen LogP contribution in [0.3, 0.4) is 0 Å². The molecule has 3 saturated heterocycles. The van der Waals surface area contributed by atoms with Crippen molar-refractivity contribution in [3.63, 3.8) is 0 Å². The van der Waals surface area contributed by atoms with Gasteiger partial charge in [0.15, 0.2) is 0 Å². The summed E-state index contributed by atoms with van der Waals surface area (Å²) in [6, 6.07) is 7.98. The average Bonchev–Trinajstić information content (AvgIpc) is 3.42. The number of halogens is 1. The van der Waals surface area contributed by atoms with Crippen LogP contribution in [0.1, 0.15) is 38.7 Å². The number of rotatable bonds is 4. The molecule has 0 bridgehead atoms. The lowest BCUT2D eigenvalue weighted by Gasteiger charge is -2.26. The molecule has 2 amide bonds. The summed E-state index contributed by atoms with van der Waals surface area (Å²) in [5, 5.41) is 8.80. The van der Waals surface area contributed by atoms with E-state index in [0.29, 0.717) is 5.02 Å². The quantitative estimate of drug-likeness (QED) is 0.547. The largest absolute Gasteiger partial charge is 0.369 e. The zero-order valence-electron chi connectivity index (χ0n) is 20.5. The predicted molar refractivity (Wildman–Crippen MR) is 137 cm³/mol. The normalized spacial score (nSPS) is 28.6. The number of carbonyl (C=O) groups excluding carboxylic acids is 2. The van der Waals surface area contributed by atoms with Crippen LogP contribution in [-0.4, -0.2) is 56.5 Å². The average molecular weight is 505 g/mol. The van der Waals surface area contributed by atoms with Crippen LogP contribution in [0.5, 0.6) is 0 Å². The van der Waals surface area contributed by atoms with E-state index in [1.807, 2.05) is 38.2 Å². The molecular weight excluding hydrogens is 476 g/mol. The van der Waals surface area contributed by atoms with Crippen LogP contribution < -0.4 is 10.2 Å². The zero-order valence-corrected chi connectivity index (χ0v) is 21.3. The number of likely N-dealkylation sites (tertiary alicyclic amines) is 1. The number of aromatic nitrogens is 3. The molecule has 36 heavy (non-hydrogen) atoms. The number of amides is 2. The Balaban J connectivity index is 1.23. The Bertz CT molecular complexity index is 1400. The monoisotopic (exact) mass is 504 g/mol. The number of piperidine rings is 1. The molecule has 3 atom stereocenters. The summed E-state index contributed by atoms with van der Waals surface area (Å²) < 4.78 is 1.78. The molecule has 5 heterocycles. The minimum Gasteiger partial charge on any atom is -0.369 e. The summed E-state index contributed by atoms with van der Waals surface area (Å²) in [7, 11) is 0. The van der Waals surface area contributed by atoms with Gasteiger partial charge in [0.1, 0.15) is 6.33 Å². The van der Waals surface area contributed by atoms with E-state index in [0.717, 1.165) is 54.1 Å². The molecule has 1 aromatic carbocycles. The van der Waals surface area contributed by atoms with Crippen LogP contribution in [0.25, 0.3) is 16.8 Å². The lowest BCUT2D eigenvalue weighted by Crippen LogP contribution is -2.42. The first-order chi connectivity index (χ1) is 17.3. The molecule has 4 aliphatic rings. The number of nitrogens with zero attached hydrogens (tertiary/aromatic N) is 5. The molecular formula is C27H29ClN6O2. The maximum atomic E-state index is 12.9. The summed E-state index contributed by atoms with van der Waals surface area (Å²) in [5.74, 6) is -0.469. The Labute approximate surface area is 214 Å². The third-order valence-corrected chi connectivity index (χ3v) is 9.17. The lowest BCUT2D eigenvalue weighted by atomic mass is 9.97. The summed E-state index contributed by atoms with van der Waals surface area (Å²) in [6.45, 7) is 7.28. The second-order valence-electron chi connectivity index (χ2n) is 11.5. The molecule has 3 aromatic rings. The van der Waals surface area contributed by atoms with Crippen LogP contribution >= 0.6 is 11.6 Å². The van der Waals surface area contributed by atoms with Crippen molar-refractivity contribution in [3.8, 4) is 11.3 Å². The third-order valence-electron chi connectivity index (χ3n) is 8.94. The van der Waals surface area contributed by atoms with Gasteiger partial charge in [-0.2, -0.15) is 5.10 Å². The number of fused-ring (bicyclic) bond motifs is 2. The second-order valence-corrected chi connectivity index (χ2v) is 11.9. The van der Waals surface area contributed by atoms with Crippen molar-refractivity contribution in [2.24, 2.45) is 17.3 Å². The number of anilines is 1. The van der Waals surface area contributed by atoms with Crippen LogP contribution in [0.2, 0.25) is 5.02 Å². The molecule has 3 aliphatic heterocycles. The first-order valence-corrected chi connectivity index (χ1v) is 13.1. The summed E-state index contributed by atoms with van der Waals surface area (Å²) in [5.41, 5.74) is 4.54. The molecule has 186 valence electrons. The van der Waals surface area contributed by atoms with Gasteiger partial charge in [-0.1, -0.05) is 25.4 Å². The molecule has 1 N–H and O–H groups in total. The molecule has 1 saturated carbocycles. The highest BCUT2D eigenvalue weighted by Gasteiger charge is 2.72. The SMILES string of the molecule is CC1(C)C2C(=O)N(Cc3cc4c(-c5cc(Cl)ccc5N5CCC6(CCCN6)C5)ncnn4c3)C(=O)C21. The topological polar surface area (TPSA) is 82.8 Å². The lowest BCUT2D eigenvalue weighted by molar-refractivity contribution is -0.143. The summed E-state index contributed by atoms with van der Waals surface area (Å²) >= 11 is 6.47. The van der Waals surface area contributed by atoms with Crippen molar-refractivity contribution < 1.29 is 9.59 Å². The number of nitrogens with one attached hydrogen (secondary N) is 1. The molecule has 4 fully saturated rings. The predicted octanol–water partition coefficient (Wildman–Crippen LogP) is 3.52. The molecule has 3 unspecified atom stereocenters. The smallest absolute Gasteiger partial charge is 0.233 e. The van der Waals surface area contributed by atoms with E-state index in [9.17, 15) is 9.59 Å². The highest BCUT2D eigenvalue weighted by molar-refractivity contribution is 6.31. The number of benzene rings is 1. The maximum Gasteiger partial charge on any atom is 0.233 e. The number of carbonyl (C=O) groups is 2. The van der Waals surface area contributed by atoms with Gasteiger partial charge in [0.05, 0.1) is 29.6 Å². The minimum atomic E-state index is -0.208. The highest BCUT2D eigenvalue weighted by Crippen LogP contribution is 2.63. The molecule has 1 aliphatic carbocycles. The summed E-state index contributed by atoms with van der Waals surface area (Å²) in [6.07, 6.45) is 6.99. The van der Waals surface area contributed by atoms with E-state index in [1.165, 1.54) is 17.7 Å². The van der Waals surface area contributed by atoms with Gasteiger partial charge < -0.3 is 10.2 Å². The van der Waals surface area contributed by atoms with E-state index < -0.39 is 0 Å². The minimum absolute atomic E-state index is 0.0582. The second kappa shape index (κ2) is 7.52. The van der Waals surface area contributed by atoms with Gasteiger partial charge in [0.2, 0.25) is 11.8 Å². The Kier molecular flexibility index (Phi) is 4.65. The Hall–Kier alpha value is -2.97. The molecule has 9 heteroatoms. The van der Waals surface area contributed by atoms with Gasteiger partial charge in [0.25, 0.3) is 0 Å². The van der Waals surface area contributed by atoms with E-state index in [2.05, 4.69) is 26.4 Å².